The molecule has 0 radical (unpaired) electrons. The Morgan fingerprint density at radius 1 is 1.00 bits per heavy atom. The van der Waals surface area contributed by atoms with E-state index in [9.17, 15) is 0 Å². The average molecular weight is 247 g/mol. The fourth-order valence-electron chi connectivity index (χ4n) is 4.21. The summed E-state index contributed by atoms with van der Waals surface area (Å²) in [6, 6.07) is 2.51. The molecule has 2 rings (SSSR count). The highest BCUT2D eigenvalue weighted by Crippen LogP contribution is 2.42. The third-order valence-corrected chi connectivity index (χ3v) is 5.42. The third-order valence-electron chi connectivity index (χ3n) is 5.42. The van der Waals surface area contributed by atoms with Crippen LogP contribution in [0.4, 0.5) is 0 Å². The first-order valence-corrected chi connectivity index (χ1v) is 8.23. The van der Waals surface area contributed by atoms with E-state index >= 15 is 0 Å². The monoisotopic (exact) mass is 247 g/mol. The van der Waals surface area contributed by atoms with Gasteiger partial charge >= 0.3 is 0 Å². The van der Waals surface area contributed by atoms with E-state index in [1.807, 2.05) is 0 Å². The zero-order chi connectivity index (χ0) is 12.8. The normalized spacial score (nSPS) is 37.1. The lowest BCUT2D eigenvalue weighted by molar-refractivity contribution is 0.149. The van der Waals surface area contributed by atoms with Crippen LogP contribution < -0.4 is 0 Å². The van der Waals surface area contributed by atoms with Gasteiger partial charge in [0.1, 0.15) is 0 Å². The summed E-state index contributed by atoms with van der Waals surface area (Å²) in [6.07, 6.45) is 15.2. The second-order valence-electron chi connectivity index (χ2n) is 6.68. The highest BCUT2D eigenvalue weighted by atomic mass is 14.4. The predicted octanol–water partition coefficient (Wildman–Crippen LogP) is 5.31. The summed E-state index contributed by atoms with van der Waals surface area (Å²) in [5, 5.41) is 9.10. The molecule has 2 fully saturated rings. The fraction of sp³-hybridized carbons (Fsp3) is 0.941. The van der Waals surface area contributed by atoms with Gasteiger partial charge in [0.2, 0.25) is 0 Å². The Kier molecular flexibility index (Phi) is 5.54. The van der Waals surface area contributed by atoms with E-state index in [1.165, 1.54) is 70.6 Å². The fourth-order valence-corrected chi connectivity index (χ4v) is 4.21. The Morgan fingerprint density at radius 3 is 2.44 bits per heavy atom. The van der Waals surface area contributed by atoms with Crippen LogP contribution in [0, 0.1) is 35.0 Å². The summed E-state index contributed by atoms with van der Waals surface area (Å²) in [7, 11) is 0. The molecule has 1 heteroatoms. The molecule has 2 aliphatic rings. The van der Waals surface area contributed by atoms with Crippen molar-refractivity contribution in [1.29, 1.82) is 5.26 Å². The standard InChI is InChI=1S/C17H29N/c1-2-3-5-14-8-10-16(11-9-14)17-7-4-6-15(12-17)13-18/h14-17H,2-12H2,1H3/t14?,15-,16?,17-/m1/s1. The van der Waals surface area contributed by atoms with Crippen molar-refractivity contribution in [2.24, 2.45) is 23.7 Å². The largest absolute Gasteiger partial charge is 0.198 e. The molecule has 2 saturated carbocycles. The zero-order valence-corrected chi connectivity index (χ0v) is 12.0. The summed E-state index contributed by atoms with van der Waals surface area (Å²) in [5.41, 5.74) is 0. The lowest BCUT2D eigenvalue weighted by Crippen LogP contribution is -2.26. The van der Waals surface area contributed by atoms with Crippen molar-refractivity contribution >= 4 is 0 Å². The number of nitrogens with zero attached hydrogens (tertiary/aromatic N) is 1. The van der Waals surface area contributed by atoms with Crippen LogP contribution >= 0.6 is 0 Å². The van der Waals surface area contributed by atoms with Gasteiger partial charge in [-0.2, -0.15) is 5.26 Å². The second-order valence-corrected chi connectivity index (χ2v) is 6.68. The van der Waals surface area contributed by atoms with Gasteiger partial charge in [-0.3, -0.25) is 0 Å². The molecule has 0 spiro atoms. The topological polar surface area (TPSA) is 23.8 Å². The molecule has 102 valence electrons. The number of nitriles is 1. The van der Waals surface area contributed by atoms with Crippen LogP contribution in [0.15, 0.2) is 0 Å². The van der Waals surface area contributed by atoms with Crippen LogP contribution in [0.25, 0.3) is 0 Å². The molecule has 1 nitrogen and oxygen atoms in total. The van der Waals surface area contributed by atoms with Crippen LogP contribution in [-0.2, 0) is 0 Å². The zero-order valence-electron chi connectivity index (χ0n) is 12.0. The molecule has 0 amide bonds. The quantitative estimate of drug-likeness (QED) is 0.660. The van der Waals surface area contributed by atoms with Gasteiger partial charge in [-0.05, 0) is 43.4 Å². The molecule has 0 heterocycles. The molecule has 0 aromatic rings. The molecule has 2 atom stereocenters. The summed E-state index contributed by atoms with van der Waals surface area (Å²) >= 11 is 0. The maximum Gasteiger partial charge on any atom is 0.0655 e. The van der Waals surface area contributed by atoms with Crippen LogP contribution in [-0.4, -0.2) is 0 Å². The van der Waals surface area contributed by atoms with Gasteiger partial charge in [-0.15, -0.1) is 0 Å². The maximum atomic E-state index is 9.10. The van der Waals surface area contributed by atoms with Crippen molar-refractivity contribution in [2.45, 2.75) is 77.6 Å². The van der Waals surface area contributed by atoms with Gasteiger partial charge < -0.3 is 0 Å². The summed E-state index contributed by atoms with van der Waals surface area (Å²) in [6.45, 7) is 2.30. The van der Waals surface area contributed by atoms with Crippen molar-refractivity contribution in [3.8, 4) is 6.07 Å². The molecule has 0 aromatic carbocycles. The lowest BCUT2D eigenvalue weighted by Gasteiger charge is -2.37. The van der Waals surface area contributed by atoms with Crippen molar-refractivity contribution in [1.82, 2.24) is 0 Å². The Balaban J connectivity index is 1.74. The first kappa shape index (κ1) is 13.9. The number of unbranched alkanes of at least 4 members (excludes halogenated alkanes) is 1. The first-order valence-electron chi connectivity index (χ1n) is 8.23. The van der Waals surface area contributed by atoms with Gasteiger partial charge in [-0.25, -0.2) is 0 Å². The Morgan fingerprint density at radius 2 is 1.78 bits per heavy atom. The Hall–Kier alpha value is -0.510. The molecular weight excluding hydrogens is 218 g/mol. The second kappa shape index (κ2) is 7.17. The molecular formula is C17H29N. The highest BCUT2D eigenvalue weighted by molar-refractivity contribution is 4.90. The number of hydrogen-bond acceptors (Lipinski definition) is 1. The maximum absolute atomic E-state index is 9.10. The van der Waals surface area contributed by atoms with E-state index in [1.54, 1.807) is 0 Å². The minimum atomic E-state index is 0.376. The average Bonchev–Trinajstić information content (AvgIpc) is 2.46. The minimum Gasteiger partial charge on any atom is -0.198 e. The van der Waals surface area contributed by atoms with Crippen molar-refractivity contribution < 1.29 is 0 Å². The van der Waals surface area contributed by atoms with Crippen LogP contribution in [0.5, 0.6) is 0 Å². The lowest BCUT2D eigenvalue weighted by atomic mass is 9.68. The van der Waals surface area contributed by atoms with Crippen LogP contribution in [0.3, 0.4) is 0 Å². The molecule has 0 unspecified atom stereocenters. The molecule has 0 bridgehead atoms. The van der Waals surface area contributed by atoms with E-state index in [0.29, 0.717) is 5.92 Å². The van der Waals surface area contributed by atoms with Crippen molar-refractivity contribution in [3.63, 3.8) is 0 Å². The van der Waals surface area contributed by atoms with Gasteiger partial charge in [0.25, 0.3) is 0 Å². The predicted molar refractivity (Wildman–Crippen MR) is 76.0 cm³/mol. The summed E-state index contributed by atoms with van der Waals surface area (Å²) in [5.74, 6) is 3.24. The summed E-state index contributed by atoms with van der Waals surface area (Å²) in [4.78, 5) is 0. The summed E-state index contributed by atoms with van der Waals surface area (Å²) < 4.78 is 0. The number of rotatable bonds is 4. The SMILES string of the molecule is CCCCC1CCC([C@@H]2CCC[C@@H](C#N)C2)CC1. The molecule has 0 aromatic heterocycles. The molecule has 0 N–H and O–H groups in total. The van der Waals surface area contributed by atoms with Gasteiger partial charge in [0.15, 0.2) is 0 Å². The Bertz CT molecular complexity index is 270. The van der Waals surface area contributed by atoms with E-state index < -0.39 is 0 Å². The minimum absolute atomic E-state index is 0.376. The van der Waals surface area contributed by atoms with E-state index in [2.05, 4.69) is 13.0 Å². The van der Waals surface area contributed by atoms with E-state index in [-0.39, 0.29) is 0 Å². The molecule has 0 aliphatic heterocycles. The molecule has 0 saturated heterocycles. The third kappa shape index (κ3) is 3.74. The van der Waals surface area contributed by atoms with Crippen molar-refractivity contribution in [3.05, 3.63) is 0 Å². The Labute approximate surface area is 113 Å². The van der Waals surface area contributed by atoms with Gasteiger partial charge in [0.05, 0.1) is 6.07 Å². The van der Waals surface area contributed by atoms with Gasteiger partial charge in [-0.1, -0.05) is 51.9 Å². The number of hydrogen-bond donors (Lipinski definition) is 0. The van der Waals surface area contributed by atoms with E-state index in [4.69, 9.17) is 5.26 Å². The van der Waals surface area contributed by atoms with Crippen LogP contribution in [0.2, 0.25) is 0 Å². The van der Waals surface area contributed by atoms with Crippen molar-refractivity contribution in [2.75, 3.05) is 0 Å². The molecule has 2 aliphatic carbocycles. The smallest absolute Gasteiger partial charge is 0.0655 e. The van der Waals surface area contributed by atoms with Crippen LogP contribution in [0.1, 0.15) is 77.6 Å². The highest BCUT2D eigenvalue weighted by Gasteiger charge is 2.31. The first-order chi connectivity index (χ1) is 8.83. The molecule has 18 heavy (non-hydrogen) atoms. The van der Waals surface area contributed by atoms with Gasteiger partial charge in [0, 0.05) is 5.92 Å². The van der Waals surface area contributed by atoms with E-state index in [0.717, 1.165) is 17.8 Å².